The van der Waals surface area contributed by atoms with Gasteiger partial charge in [-0.05, 0) is 27.6 Å². The number of nitrogens with one attached hydrogen (secondary N) is 1. The molecule has 5 heteroatoms. The predicted molar refractivity (Wildman–Crippen MR) is 89.3 cm³/mol. The van der Waals surface area contributed by atoms with Crippen LogP contribution in [0.4, 0.5) is 0 Å². The second-order valence-electron chi connectivity index (χ2n) is 6.28. The first-order valence-electron chi connectivity index (χ1n) is 6.91. The Bertz CT molecular complexity index is 724. The fourth-order valence-corrected chi connectivity index (χ4v) is 3.46. The van der Waals surface area contributed by atoms with Crippen molar-refractivity contribution in [2.45, 2.75) is 38.7 Å². The van der Waals surface area contributed by atoms with E-state index in [9.17, 15) is 0 Å². The Morgan fingerprint density at radius 1 is 1.33 bits per heavy atom. The minimum Gasteiger partial charge on any atom is -0.482 e. The van der Waals surface area contributed by atoms with Gasteiger partial charge in [-0.25, -0.2) is 4.98 Å². The van der Waals surface area contributed by atoms with E-state index in [1.165, 1.54) is 5.56 Å². The summed E-state index contributed by atoms with van der Waals surface area (Å²) in [6.45, 7) is 6.44. The number of halogens is 1. The molecule has 21 heavy (non-hydrogen) atoms. The summed E-state index contributed by atoms with van der Waals surface area (Å²) in [4.78, 5) is 7.92. The minimum atomic E-state index is -0.0988. The van der Waals surface area contributed by atoms with Gasteiger partial charge >= 0.3 is 0 Å². The normalized spacial score (nSPS) is 17.4. The molecule has 0 amide bonds. The molecule has 0 aliphatic carbocycles. The quantitative estimate of drug-likeness (QED) is 0.733. The first kappa shape index (κ1) is 14.7. The molecule has 0 fully saturated rings. The highest BCUT2D eigenvalue weighted by Gasteiger charge is 2.28. The smallest absolute Gasteiger partial charge is 0.160 e. The van der Waals surface area contributed by atoms with Crippen LogP contribution in [-0.2, 0) is 11.8 Å². The summed E-state index contributed by atoms with van der Waals surface area (Å²) in [5.74, 6) is 1.73. The lowest BCUT2D eigenvalue weighted by atomic mass is 9.92. The second kappa shape index (κ2) is 5.21. The molecule has 110 valence electrons. The first-order chi connectivity index (χ1) is 9.86. The van der Waals surface area contributed by atoms with Gasteiger partial charge in [-0.15, -0.1) is 0 Å². The van der Waals surface area contributed by atoms with Gasteiger partial charge in [0.25, 0.3) is 0 Å². The third-order valence-electron chi connectivity index (χ3n) is 3.58. The van der Waals surface area contributed by atoms with Crippen LogP contribution in [0.1, 0.15) is 44.0 Å². The van der Waals surface area contributed by atoms with Crippen LogP contribution in [0.3, 0.4) is 0 Å². The van der Waals surface area contributed by atoms with Gasteiger partial charge in [-0.2, -0.15) is 0 Å². The average Bonchev–Trinajstić information content (AvgIpc) is 2.84. The molecule has 3 rings (SSSR count). The molecule has 0 saturated carbocycles. The van der Waals surface area contributed by atoms with E-state index >= 15 is 0 Å². The van der Waals surface area contributed by atoms with Crippen molar-refractivity contribution in [2.75, 3.05) is 0 Å². The van der Waals surface area contributed by atoms with E-state index in [1.807, 2.05) is 18.2 Å². The van der Waals surface area contributed by atoms with E-state index in [-0.39, 0.29) is 11.5 Å². The van der Waals surface area contributed by atoms with Crippen molar-refractivity contribution in [3.05, 3.63) is 50.5 Å². The lowest BCUT2D eigenvalue weighted by molar-refractivity contribution is 0.226. The molecule has 3 nitrogen and oxygen atoms in total. The highest BCUT2D eigenvalue weighted by molar-refractivity contribution is 9.10. The number of nitrogens with zero attached hydrogens (tertiary/aromatic N) is 1. The van der Waals surface area contributed by atoms with Crippen LogP contribution in [0, 0.1) is 4.64 Å². The average molecular weight is 365 g/mol. The van der Waals surface area contributed by atoms with Crippen molar-refractivity contribution in [3.8, 4) is 5.75 Å². The maximum atomic E-state index is 6.00. The van der Waals surface area contributed by atoms with E-state index in [1.54, 1.807) is 0 Å². The van der Waals surface area contributed by atoms with Crippen LogP contribution in [0.2, 0.25) is 0 Å². The zero-order valence-corrected chi connectivity index (χ0v) is 14.6. The van der Waals surface area contributed by atoms with Gasteiger partial charge < -0.3 is 9.72 Å². The van der Waals surface area contributed by atoms with Crippen molar-refractivity contribution in [1.82, 2.24) is 9.97 Å². The Morgan fingerprint density at radius 3 is 2.71 bits per heavy atom. The Labute approximate surface area is 137 Å². The third kappa shape index (κ3) is 2.77. The largest absolute Gasteiger partial charge is 0.482 e. The zero-order valence-electron chi connectivity index (χ0n) is 12.2. The maximum absolute atomic E-state index is 6.00. The van der Waals surface area contributed by atoms with Crippen LogP contribution in [-0.4, -0.2) is 9.97 Å². The van der Waals surface area contributed by atoms with Crippen molar-refractivity contribution in [3.63, 3.8) is 0 Å². The van der Waals surface area contributed by atoms with Gasteiger partial charge in [0.15, 0.2) is 6.10 Å². The number of aromatic nitrogens is 2. The van der Waals surface area contributed by atoms with E-state index in [0.29, 0.717) is 4.64 Å². The molecule has 0 bridgehead atoms. The number of hydrogen-bond donors (Lipinski definition) is 1. The maximum Gasteiger partial charge on any atom is 0.160 e. The van der Waals surface area contributed by atoms with Gasteiger partial charge in [-0.3, -0.25) is 0 Å². The number of hydrogen-bond acceptors (Lipinski definition) is 3. The standard InChI is InChI=1S/C16H17BrN2OS/c1-16(2,3)13-12(17)15(21)19-14(18-13)11-8-9-6-4-5-7-10(9)20-11/h4-7,11H,8H2,1-3H3,(H,18,19,21). The molecule has 1 aliphatic heterocycles. The number of para-hydroxylation sites is 1. The molecular formula is C16H17BrN2OS. The molecule has 2 aromatic rings. The van der Waals surface area contributed by atoms with Crippen molar-refractivity contribution in [2.24, 2.45) is 0 Å². The van der Waals surface area contributed by atoms with E-state index < -0.39 is 0 Å². The van der Waals surface area contributed by atoms with E-state index in [4.69, 9.17) is 17.0 Å². The fourth-order valence-electron chi connectivity index (χ4n) is 2.48. The van der Waals surface area contributed by atoms with Crippen LogP contribution in [0.5, 0.6) is 5.75 Å². The van der Waals surface area contributed by atoms with Crippen molar-refractivity contribution >= 4 is 28.1 Å². The van der Waals surface area contributed by atoms with Gasteiger partial charge in [0.1, 0.15) is 16.2 Å². The summed E-state index contributed by atoms with van der Waals surface area (Å²) in [5, 5.41) is 0. The minimum absolute atomic E-state index is 0.0461. The molecule has 1 atom stereocenters. The lowest BCUT2D eigenvalue weighted by Gasteiger charge is -2.22. The number of H-pyrrole nitrogens is 1. The van der Waals surface area contributed by atoms with Gasteiger partial charge in [0, 0.05) is 17.5 Å². The summed E-state index contributed by atoms with van der Waals surface area (Å²) < 4.78 is 7.44. The summed E-state index contributed by atoms with van der Waals surface area (Å²) in [6, 6.07) is 8.10. The summed E-state index contributed by atoms with van der Waals surface area (Å²) in [5.41, 5.74) is 2.22. The molecule has 2 heterocycles. The molecule has 0 saturated heterocycles. The van der Waals surface area contributed by atoms with Gasteiger partial charge in [0.2, 0.25) is 0 Å². The molecule has 1 aromatic heterocycles. The van der Waals surface area contributed by atoms with Crippen molar-refractivity contribution < 1.29 is 4.74 Å². The van der Waals surface area contributed by atoms with Crippen LogP contribution < -0.4 is 4.74 Å². The third-order valence-corrected chi connectivity index (χ3v) is 4.91. The molecule has 1 aromatic carbocycles. The van der Waals surface area contributed by atoms with Crippen LogP contribution >= 0.6 is 28.1 Å². The Hall–Kier alpha value is -1.20. The number of ether oxygens (including phenoxy) is 1. The molecule has 0 spiro atoms. The van der Waals surface area contributed by atoms with E-state index in [0.717, 1.165) is 28.2 Å². The van der Waals surface area contributed by atoms with E-state index in [2.05, 4.69) is 52.7 Å². The summed E-state index contributed by atoms with van der Waals surface area (Å²) in [7, 11) is 0. The second-order valence-corrected chi connectivity index (χ2v) is 7.46. The summed E-state index contributed by atoms with van der Waals surface area (Å²) in [6.07, 6.45) is 0.720. The van der Waals surface area contributed by atoms with Crippen molar-refractivity contribution in [1.29, 1.82) is 0 Å². The molecule has 0 radical (unpaired) electrons. The summed E-state index contributed by atoms with van der Waals surface area (Å²) >= 11 is 8.93. The number of fused-ring (bicyclic) bond motifs is 1. The monoisotopic (exact) mass is 364 g/mol. The SMILES string of the molecule is CC(C)(C)c1[nH]c(C2Cc3ccccc3O2)nc(=S)c1Br. The highest BCUT2D eigenvalue weighted by atomic mass is 79.9. The number of benzene rings is 1. The van der Waals surface area contributed by atoms with Gasteiger partial charge in [-0.1, -0.05) is 51.2 Å². The lowest BCUT2D eigenvalue weighted by Crippen LogP contribution is -2.19. The van der Waals surface area contributed by atoms with Gasteiger partial charge in [0.05, 0.1) is 4.47 Å². The first-order valence-corrected chi connectivity index (χ1v) is 8.11. The van der Waals surface area contributed by atoms with Crippen LogP contribution in [0.15, 0.2) is 28.7 Å². The number of aromatic amines is 1. The molecule has 1 N–H and O–H groups in total. The topological polar surface area (TPSA) is 37.9 Å². The highest BCUT2D eigenvalue weighted by Crippen LogP contribution is 2.36. The Balaban J connectivity index is 2.02. The Kier molecular flexibility index (Phi) is 3.66. The molecule has 1 aliphatic rings. The Morgan fingerprint density at radius 2 is 2.05 bits per heavy atom. The van der Waals surface area contributed by atoms with Crippen LogP contribution in [0.25, 0.3) is 0 Å². The zero-order chi connectivity index (χ0) is 15.2. The fraction of sp³-hybridized carbons (Fsp3) is 0.375. The number of rotatable bonds is 1. The predicted octanol–water partition coefficient (Wildman–Crippen LogP) is 4.88. The molecule has 1 unspecified atom stereocenters. The molecular weight excluding hydrogens is 348 g/mol.